The fraction of sp³-hybridized carbons (Fsp3) is 0.312. The third kappa shape index (κ3) is 4.23. The molecule has 1 heterocycles. The predicted molar refractivity (Wildman–Crippen MR) is 75.0 cm³/mol. The zero-order chi connectivity index (χ0) is 15.4. The third-order valence-corrected chi connectivity index (χ3v) is 2.90. The van der Waals surface area contributed by atoms with E-state index in [4.69, 9.17) is 4.74 Å². The van der Waals surface area contributed by atoms with Crippen molar-refractivity contribution in [3.63, 3.8) is 0 Å². The van der Waals surface area contributed by atoms with Crippen LogP contribution < -0.4 is 4.74 Å². The van der Waals surface area contributed by atoms with Gasteiger partial charge in [0.25, 0.3) is 0 Å². The van der Waals surface area contributed by atoms with Crippen molar-refractivity contribution in [3.8, 4) is 5.75 Å². The lowest BCUT2D eigenvalue weighted by atomic mass is 10.0. The first-order valence-electron chi connectivity index (χ1n) is 6.69. The van der Waals surface area contributed by atoms with E-state index in [1.54, 1.807) is 12.3 Å². The van der Waals surface area contributed by atoms with Crippen LogP contribution in [0.5, 0.6) is 5.75 Å². The van der Waals surface area contributed by atoms with E-state index in [0.29, 0.717) is 16.9 Å². The van der Waals surface area contributed by atoms with Crippen molar-refractivity contribution in [2.75, 3.05) is 0 Å². The Morgan fingerprint density at radius 1 is 1.14 bits per heavy atom. The van der Waals surface area contributed by atoms with Crippen molar-refractivity contribution in [1.29, 1.82) is 0 Å². The summed E-state index contributed by atoms with van der Waals surface area (Å²) < 4.78 is 31.5. The molecule has 3 nitrogen and oxygen atoms in total. The molecule has 1 aromatic carbocycles. The van der Waals surface area contributed by atoms with E-state index in [1.807, 2.05) is 13.8 Å². The maximum absolute atomic E-state index is 13.2. The van der Waals surface area contributed by atoms with Gasteiger partial charge in [-0.2, -0.15) is 0 Å². The molecule has 2 aromatic rings. The van der Waals surface area contributed by atoms with Gasteiger partial charge in [0.15, 0.2) is 11.6 Å². The number of nitrogens with zero attached hydrogens (tertiary/aromatic N) is 1. The molecule has 21 heavy (non-hydrogen) atoms. The normalized spacial score (nSPS) is 12.5. The smallest absolute Gasteiger partial charge is 0.159 e. The van der Waals surface area contributed by atoms with Gasteiger partial charge in [-0.1, -0.05) is 6.07 Å². The number of pyridine rings is 1. The largest absolute Gasteiger partial charge is 0.489 e. The van der Waals surface area contributed by atoms with E-state index >= 15 is 0 Å². The van der Waals surface area contributed by atoms with Crippen molar-refractivity contribution in [1.82, 2.24) is 4.98 Å². The highest BCUT2D eigenvalue weighted by Crippen LogP contribution is 2.22. The molecule has 5 heteroatoms. The number of benzene rings is 1. The molecule has 1 unspecified atom stereocenters. The van der Waals surface area contributed by atoms with E-state index in [-0.39, 0.29) is 12.5 Å². The van der Waals surface area contributed by atoms with Crippen LogP contribution in [0.2, 0.25) is 0 Å². The van der Waals surface area contributed by atoms with E-state index in [0.717, 1.165) is 12.1 Å². The maximum Gasteiger partial charge on any atom is 0.159 e. The van der Waals surface area contributed by atoms with Crippen LogP contribution in [0.4, 0.5) is 8.78 Å². The average molecular weight is 293 g/mol. The summed E-state index contributed by atoms with van der Waals surface area (Å²) in [4.78, 5) is 4.01. The van der Waals surface area contributed by atoms with Crippen molar-refractivity contribution < 1.29 is 18.6 Å². The Hall–Kier alpha value is -2.01. The zero-order valence-electron chi connectivity index (χ0n) is 11.9. The third-order valence-electron chi connectivity index (χ3n) is 2.90. The molecule has 0 radical (unpaired) electrons. The van der Waals surface area contributed by atoms with E-state index < -0.39 is 17.7 Å². The minimum atomic E-state index is -0.922. The van der Waals surface area contributed by atoms with Gasteiger partial charge in [0.05, 0.1) is 18.4 Å². The second kappa shape index (κ2) is 6.63. The molecule has 0 saturated carbocycles. The van der Waals surface area contributed by atoms with Crippen molar-refractivity contribution in [3.05, 3.63) is 59.4 Å². The molecular formula is C16H17F2NO2. The Labute approximate surface area is 122 Å². The second-order valence-corrected chi connectivity index (χ2v) is 5.09. The van der Waals surface area contributed by atoms with Gasteiger partial charge in [0.2, 0.25) is 0 Å². The molecule has 0 spiro atoms. The lowest BCUT2D eigenvalue weighted by molar-refractivity contribution is 0.176. The number of hydrogen-bond acceptors (Lipinski definition) is 3. The molecule has 0 aliphatic heterocycles. The molecule has 1 N–H and O–H groups in total. The Morgan fingerprint density at radius 3 is 2.57 bits per heavy atom. The van der Waals surface area contributed by atoms with Gasteiger partial charge < -0.3 is 9.84 Å². The summed E-state index contributed by atoms with van der Waals surface area (Å²) >= 11 is 0. The number of ether oxygens (including phenoxy) is 1. The molecule has 0 saturated heterocycles. The van der Waals surface area contributed by atoms with Crippen LogP contribution in [-0.2, 0) is 6.42 Å². The quantitative estimate of drug-likeness (QED) is 0.918. The number of aliphatic hydroxyl groups is 1. The van der Waals surface area contributed by atoms with Gasteiger partial charge in [-0.3, -0.25) is 4.98 Å². The Kier molecular flexibility index (Phi) is 4.85. The van der Waals surface area contributed by atoms with Crippen LogP contribution in [0.15, 0.2) is 36.7 Å². The SMILES string of the molecule is CC(C)Oc1cncc(C(O)Cc2ccc(F)c(F)c2)c1. The number of aromatic nitrogens is 1. The minimum absolute atomic E-state index is 0.00499. The molecule has 1 aromatic heterocycles. The molecular weight excluding hydrogens is 276 g/mol. The molecule has 0 amide bonds. The topological polar surface area (TPSA) is 42.4 Å². The van der Waals surface area contributed by atoms with Crippen LogP contribution in [0.25, 0.3) is 0 Å². The van der Waals surface area contributed by atoms with Crippen LogP contribution in [0, 0.1) is 11.6 Å². The summed E-state index contributed by atoms with van der Waals surface area (Å²) in [7, 11) is 0. The lowest BCUT2D eigenvalue weighted by Crippen LogP contribution is -2.08. The van der Waals surface area contributed by atoms with Crippen LogP contribution >= 0.6 is 0 Å². The molecule has 0 fully saturated rings. The molecule has 0 bridgehead atoms. The van der Waals surface area contributed by atoms with Crippen LogP contribution in [0.3, 0.4) is 0 Å². The van der Waals surface area contributed by atoms with E-state index in [2.05, 4.69) is 4.98 Å². The maximum atomic E-state index is 13.2. The van der Waals surface area contributed by atoms with Crippen LogP contribution in [0.1, 0.15) is 31.1 Å². The number of hydrogen-bond donors (Lipinski definition) is 1. The fourth-order valence-electron chi connectivity index (χ4n) is 1.96. The summed E-state index contributed by atoms with van der Waals surface area (Å²) in [5.74, 6) is -1.26. The predicted octanol–water partition coefficient (Wildman–Crippen LogP) is 3.42. The second-order valence-electron chi connectivity index (χ2n) is 5.09. The summed E-state index contributed by atoms with van der Waals surface area (Å²) in [6, 6.07) is 5.27. The first-order chi connectivity index (χ1) is 9.95. The van der Waals surface area contributed by atoms with Gasteiger partial charge in [-0.25, -0.2) is 8.78 Å². The van der Waals surface area contributed by atoms with Gasteiger partial charge >= 0.3 is 0 Å². The number of rotatable bonds is 5. The first-order valence-corrected chi connectivity index (χ1v) is 6.69. The highest BCUT2D eigenvalue weighted by atomic mass is 19.2. The number of aliphatic hydroxyl groups excluding tert-OH is 1. The van der Waals surface area contributed by atoms with E-state index in [9.17, 15) is 13.9 Å². The summed E-state index contributed by atoms with van der Waals surface area (Å²) in [6.45, 7) is 3.79. The van der Waals surface area contributed by atoms with Crippen molar-refractivity contribution in [2.45, 2.75) is 32.5 Å². The zero-order valence-corrected chi connectivity index (χ0v) is 11.9. The summed E-state index contributed by atoms with van der Waals surface area (Å²) in [5, 5.41) is 10.2. The summed E-state index contributed by atoms with van der Waals surface area (Å²) in [6.07, 6.45) is 2.40. The van der Waals surface area contributed by atoms with Gasteiger partial charge in [-0.15, -0.1) is 0 Å². The Balaban J connectivity index is 2.12. The molecule has 0 aliphatic carbocycles. The molecule has 1 atom stereocenters. The Bertz CT molecular complexity index is 617. The minimum Gasteiger partial charge on any atom is -0.489 e. The van der Waals surface area contributed by atoms with Gasteiger partial charge in [0.1, 0.15) is 5.75 Å². The standard InChI is InChI=1S/C16H17F2NO2/c1-10(2)21-13-7-12(8-19-9-13)16(20)6-11-3-4-14(17)15(18)5-11/h3-5,7-10,16,20H,6H2,1-2H3. The fourth-order valence-corrected chi connectivity index (χ4v) is 1.96. The lowest BCUT2D eigenvalue weighted by Gasteiger charge is -2.14. The van der Waals surface area contributed by atoms with Crippen LogP contribution in [-0.4, -0.2) is 16.2 Å². The highest BCUT2D eigenvalue weighted by molar-refractivity contribution is 5.27. The van der Waals surface area contributed by atoms with Crippen molar-refractivity contribution >= 4 is 0 Å². The molecule has 2 rings (SSSR count). The average Bonchev–Trinajstić information content (AvgIpc) is 2.42. The van der Waals surface area contributed by atoms with Gasteiger partial charge in [0, 0.05) is 18.2 Å². The molecule has 112 valence electrons. The van der Waals surface area contributed by atoms with Gasteiger partial charge in [-0.05, 0) is 37.6 Å². The highest BCUT2D eigenvalue weighted by Gasteiger charge is 2.12. The first kappa shape index (κ1) is 15.4. The van der Waals surface area contributed by atoms with E-state index in [1.165, 1.54) is 12.3 Å². The monoisotopic (exact) mass is 293 g/mol. The summed E-state index contributed by atoms with van der Waals surface area (Å²) in [5.41, 5.74) is 1.08. The molecule has 0 aliphatic rings. The number of halogens is 2. The Morgan fingerprint density at radius 2 is 1.90 bits per heavy atom. The van der Waals surface area contributed by atoms with Crippen molar-refractivity contribution in [2.24, 2.45) is 0 Å².